The molecule has 0 bridgehead atoms. The quantitative estimate of drug-likeness (QED) is 0.698. The molecule has 2 aliphatic rings. The number of hydrogen-bond donors (Lipinski definition) is 0. The maximum atomic E-state index is 11.7. The van der Waals surface area contributed by atoms with E-state index in [1.807, 2.05) is 13.8 Å². The van der Waals surface area contributed by atoms with Gasteiger partial charge in [0, 0.05) is 13.1 Å². The normalized spacial score (nSPS) is 32.2. The van der Waals surface area contributed by atoms with E-state index < -0.39 is 0 Å². The molecular formula is C13H23NO3. The Balaban J connectivity index is 1.92. The molecule has 1 saturated heterocycles. The molecule has 0 aromatic heterocycles. The number of morpholine rings is 1. The predicted octanol–water partition coefficient (Wildman–Crippen LogP) is 1.44. The van der Waals surface area contributed by atoms with Crippen LogP contribution in [0.4, 0.5) is 0 Å². The lowest BCUT2D eigenvalue weighted by Crippen LogP contribution is -2.53. The number of esters is 1. The van der Waals surface area contributed by atoms with Gasteiger partial charge < -0.3 is 9.47 Å². The molecule has 1 saturated carbocycles. The van der Waals surface area contributed by atoms with Crippen LogP contribution in [0, 0.1) is 5.92 Å². The summed E-state index contributed by atoms with van der Waals surface area (Å²) in [4.78, 5) is 13.9. The first-order valence-corrected chi connectivity index (χ1v) is 6.68. The van der Waals surface area contributed by atoms with Crippen molar-refractivity contribution in [2.24, 2.45) is 5.92 Å². The van der Waals surface area contributed by atoms with Gasteiger partial charge in [0.2, 0.25) is 0 Å². The molecule has 0 aromatic rings. The van der Waals surface area contributed by atoms with E-state index in [0.717, 1.165) is 19.0 Å². The second kappa shape index (κ2) is 5.36. The summed E-state index contributed by atoms with van der Waals surface area (Å²) in [5, 5.41) is 0. The lowest BCUT2D eigenvalue weighted by atomic mass is 10.1. The fraction of sp³-hybridized carbons (Fsp3) is 0.923. The molecule has 98 valence electrons. The molecule has 0 N–H and O–H groups in total. The molecule has 0 spiro atoms. The van der Waals surface area contributed by atoms with Gasteiger partial charge in [-0.25, -0.2) is 0 Å². The average Bonchev–Trinajstić information content (AvgIpc) is 3.11. The third-order valence-corrected chi connectivity index (χ3v) is 3.64. The summed E-state index contributed by atoms with van der Waals surface area (Å²) in [7, 11) is 0. The van der Waals surface area contributed by atoms with Crippen molar-refractivity contribution in [3.8, 4) is 0 Å². The van der Waals surface area contributed by atoms with Crippen molar-refractivity contribution in [1.82, 2.24) is 4.90 Å². The SMILES string of the molecule is CCOC(=O)[C@H](C)N1C[C@@H](C)O[C@H](C2CC2)C1. The summed E-state index contributed by atoms with van der Waals surface area (Å²) < 4.78 is 11.0. The molecule has 17 heavy (non-hydrogen) atoms. The highest BCUT2D eigenvalue weighted by Crippen LogP contribution is 2.36. The topological polar surface area (TPSA) is 38.8 Å². The summed E-state index contributed by atoms with van der Waals surface area (Å²) >= 11 is 0. The minimum atomic E-state index is -0.150. The van der Waals surface area contributed by atoms with E-state index in [1.54, 1.807) is 0 Å². The van der Waals surface area contributed by atoms with Gasteiger partial charge in [0.25, 0.3) is 0 Å². The smallest absolute Gasteiger partial charge is 0.323 e. The summed E-state index contributed by atoms with van der Waals surface area (Å²) in [6.45, 7) is 8.01. The third-order valence-electron chi connectivity index (χ3n) is 3.64. The summed E-state index contributed by atoms with van der Waals surface area (Å²) in [5.74, 6) is 0.603. The molecule has 3 atom stereocenters. The third kappa shape index (κ3) is 3.19. The molecular weight excluding hydrogens is 218 g/mol. The van der Waals surface area contributed by atoms with E-state index in [2.05, 4.69) is 11.8 Å². The van der Waals surface area contributed by atoms with Crippen LogP contribution in [0.25, 0.3) is 0 Å². The Kier molecular flexibility index (Phi) is 4.05. The molecule has 2 rings (SSSR count). The number of carbonyl (C=O) groups is 1. The van der Waals surface area contributed by atoms with Crippen molar-refractivity contribution >= 4 is 5.97 Å². The zero-order valence-electron chi connectivity index (χ0n) is 11.0. The van der Waals surface area contributed by atoms with Crippen molar-refractivity contribution in [3.05, 3.63) is 0 Å². The van der Waals surface area contributed by atoms with Crippen molar-refractivity contribution in [2.75, 3.05) is 19.7 Å². The fourth-order valence-electron chi connectivity index (χ4n) is 2.48. The lowest BCUT2D eigenvalue weighted by Gasteiger charge is -2.39. The van der Waals surface area contributed by atoms with Gasteiger partial charge in [0.1, 0.15) is 6.04 Å². The van der Waals surface area contributed by atoms with Crippen LogP contribution in [-0.4, -0.2) is 48.8 Å². The minimum Gasteiger partial charge on any atom is -0.465 e. The Morgan fingerprint density at radius 1 is 1.47 bits per heavy atom. The Hall–Kier alpha value is -0.610. The molecule has 0 radical (unpaired) electrons. The van der Waals surface area contributed by atoms with Gasteiger partial charge in [0.15, 0.2) is 0 Å². The van der Waals surface area contributed by atoms with E-state index in [9.17, 15) is 4.79 Å². The molecule has 0 unspecified atom stereocenters. The number of ether oxygens (including phenoxy) is 2. The molecule has 2 fully saturated rings. The highest BCUT2D eigenvalue weighted by atomic mass is 16.5. The van der Waals surface area contributed by atoms with Crippen LogP contribution in [-0.2, 0) is 14.3 Å². The Morgan fingerprint density at radius 3 is 2.76 bits per heavy atom. The van der Waals surface area contributed by atoms with Crippen LogP contribution < -0.4 is 0 Å². The maximum absolute atomic E-state index is 11.7. The van der Waals surface area contributed by atoms with Crippen LogP contribution >= 0.6 is 0 Å². The predicted molar refractivity (Wildman–Crippen MR) is 64.7 cm³/mol. The van der Waals surface area contributed by atoms with Gasteiger partial charge in [-0.15, -0.1) is 0 Å². The molecule has 4 nitrogen and oxygen atoms in total. The minimum absolute atomic E-state index is 0.115. The molecule has 1 aliphatic heterocycles. The second-order valence-corrected chi connectivity index (χ2v) is 5.20. The van der Waals surface area contributed by atoms with Crippen molar-refractivity contribution in [1.29, 1.82) is 0 Å². The number of carbonyl (C=O) groups excluding carboxylic acids is 1. The zero-order chi connectivity index (χ0) is 12.4. The number of rotatable bonds is 4. The highest BCUT2D eigenvalue weighted by Gasteiger charge is 2.39. The van der Waals surface area contributed by atoms with Crippen molar-refractivity contribution in [2.45, 2.75) is 51.9 Å². The van der Waals surface area contributed by atoms with Gasteiger partial charge >= 0.3 is 5.97 Å². The Bertz CT molecular complexity index is 278. The van der Waals surface area contributed by atoms with Crippen LogP contribution in [0.5, 0.6) is 0 Å². The van der Waals surface area contributed by atoms with E-state index in [1.165, 1.54) is 12.8 Å². The van der Waals surface area contributed by atoms with Crippen LogP contribution in [0.2, 0.25) is 0 Å². The van der Waals surface area contributed by atoms with E-state index in [0.29, 0.717) is 12.7 Å². The summed E-state index contributed by atoms with van der Waals surface area (Å²) in [5.41, 5.74) is 0. The van der Waals surface area contributed by atoms with E-state index >= 15 is 0 Å². The van der Waals surface area contributed by atoms with Gasteiger partial charge in [-0.3, -0.25) is 9.69 Å². The summed E-state index contributed by atoms with van der Waals surface area (Å²) in [6.07, 6.45) is 3.08. The fourth-order valence-corrected chi connectivity index (χ4v) is 2.48. The average molecular weight is 241 g/mol. The standard InChI is InChI=1S/C13H23NO3/c1-4-16-13(15)10(3)14-7-9(2)17-12(8-14)11-5-6-11/h9-12H,4-8H2,1-3H3/t9-,10+,12+/m1/s1. The highest BCUT2D eigenvalue weighted by molar-refractivity contribution is 5.75. The first kappa shape index (κ1) is 12.8. The van der Waals surface area contributed by atoms with Gasteiger partial charge in [-0.05, 0) is 39.5 Å². The number of nitrogens with zero attached hydrogens (tertiary/aromatic N) is 1. The van der Waals surface area contributed by atoms with Crippen molar-refractivity contribution in [3.63, 3.8) is 0 Å². The maximum Gasteiger partial charge on any atom is 0.323 e. The van der Waals surface area contributed by atoms with Gasteiger partial charge in [-0.2, -0.15) is 0 Å². The first-order chi connectivity index (χ1) is 8.11. The lowest BCUT2D eigenvalue weighted by molar-refractivity contribution is -0.155. The Morgan fingerprint density at radius 2 is 2.18 bits per heavy atom. The first-order valence-electron chi connectivity index (χ1n) is 6.68. The van der Waals surface area contributed by atoms with Crippen LogP contribution in [0.3, 0.4) is 0 Å². The molecule has 0 amide bonds. The largest absolute Gasteiger partial charge is 0.465 e. The van der Waals surface area contributed by atoms with Crippen molar-refractivity contribution < 1.29 is 14.3 Å². The van der Waals surface area contributed by atoms with Gasteiger partial charge in [-0.1, -0.05) is 0 Å². The molecule has 1 aliphatic carbocycles. The van der Waals surface area contributed by atoms with Crippen LogP contribution in [0.1, 0.15) is 33.6 Å². The molecule has 4 heteroatoms. The monoisotopic (exact) mass is 241 g/mol. The Labute approximate surface area is 103 Å². The van der Waals surface area contributed by atoms with Crippen LogP contribution in [0.15, 0.2) is 0 Å². The number of hydrogen-bond acceptors (Lipinski definition) is 4. The zero-order valence-corrected chi connectivity index (χ0v) is 11.0. The summed E-state index contributed by atoms with van der Waals surface area (Å²) in [6, 6.07) is -0.150. The second-order valence-electron chi connectivity index (χ2n) is 5.20. The van der Waals surface area contributed by atoms with Gasteiger partial charge in [0.05, 0.1) is 18.8 Å². The molecule has 0 aromatic carbocycles. The van der Waals surface area contributed by atoms with E-state index in [-0.39, 0.29) is 18.1 Å². The van der Waals surface area contributed by atoms with E-state index in [4.69, 9.17) is 9.47 Å². The molecule has 1 heterocycles.